The van der Waals surface area contributed by atoms with Crippen molar-refractivity contribution in [1.29, 1.82) is 0 Å². The molecule has 0 fully saturated rings. The van der Waals surface area contributed by atoms with Crippen LogP contribution in [0.15, 0.2) is 188 Å². The van der Waals surface area contributed by atoms with Gasteiger partial charge in [-0.15, -0.1) is 0 Å². The average molecular weight is 586 g/mol. The van der Waals surface area contributed by atoms with E-state index in [4.69, 9.17) is 4.98 Å². The molecule has 0 saturated carbocycles. The van der Waals surface area contributed by atoms with E-state index in [1.54, 1.807) is 0 Å². The Morgan fingerprint density at radius 1 is 0.261 bits per heavy atom. The first kappa shape index (κ1) is 27.5. The molecule has 0 radical (unpaired) electrons. The Labute approximate surface area is 270 Å². The molecule has 0 aliphatic carbocycles. The third kappa shape index (κ3) is 5.51. The van der Waals surface area contributed by atoms with Crippen LogP contribution in [-0.2, 0) is 0 Å². The molecule has 0 spiro atoms. The molecule has 1 heterocycles. The summed E-state index contributed by atoms with van der Waals surface area (Å²) >= 11 is 0. The quantitative estimate of drug-likeness (QED) is 0.189. The lowest BCUT2D eigenvalue weighted by Crippen LogP contribution is -1.91. The second-order valence-corrected chi connectivity index (χ2v) is 11.6. The molecular formula is C45H31N. The molecule has 8 aromatic rings. The highest BCUT2D eigenvalue weighted by molar-refractivity contribution is 5.97. The zero-order chi connectivity index (χ0) is 30.7. The molecule has 0 bridgehead atoms. The van der Waals surface area contributed by atoms with E-state index < -0.39 is 0 Å². The van der Waals surface area contributed by atoms with E-state index in [9.17, 15) is 0 Å². The normalized spacial score (nSPS) is 11.0. The molecule has 0 atom stereocenters. The van der Waals surface area contributed by atoms with Crippen molar-refractivity contribution in [3.05, 3.63) is 188 Å². The Hall–Kier alpha value is -6.05. The van der Waals surface area contributed by atoms with Gasteiger partial charge in [0.2, 0.25) is 0 Å². The molecular weight excluding hydrogens is 555 g/mol. The number of fused-ring (bicyclic) bond motifs is 1. The van der Waals surface area contributed by atoms with Gasteiger partial charge in [0.25, 0.3) is 0 Å². The van der Waals surface area contributed by atoms with Crippen molar-refractivity contribution in [1.82, 2.24) is 4.98 Å². The van der Waals surface area contributed by atoms with Crippen LogP contribution in [0.3, 0.4) is 0 Å². The molecule has 0 aliphatic heterocycles. The largest absolute Gasteiger partial charge is 0.247 e. The van der Waals surface area contributed by atoms with Crippen LogP contribution in [0, 0.1) is 0 Å². The van der Waals surface area contributed by atoms with Gasteiger partial charge in [-0.2, -0.15) is 0 Å². The summed E-state index contributed by atoms with van der Waals surface area (Å²) in [6.45, 7) is 0. The highest BCUT2D eigenvalue weighted by Crippen LogP contribution is 2.35. The fourth-order valence-electron chi connectivity index (χ4n) is 6.29. The van der Waals surface area contributed by atoms with E-state index in [1.807, 2.05) is 6.07 Å². The van der Waals surface area contributed by atoms with Gasteiger partial charge in [0, 0.05) is 16.5 Å². The van der Waals surface area contributed by atoms with Crippen molar-refractivity contribution < 1.29 is 0 Å². The van der Waals surface area contributed by atoms with Crippen molar-refractivity contribution in [3.8, 4) is 67.0 Å². The number of aromatic nitrogens is 1. The molecule has 1 nitrogen and oxygen atoms in total. The molecule has 0 unspecified atom stereocenters. The molecule has 8 rings (SSSR count). The van der Waals surface area contributed by atoms with Crippen LogP contribution in [0.25, 0.3) is 77.8 Å². The lowest BCUT2D eigenvalue weighted by Gasteiger charge is -2.12. The second kappa shape index (κ2) is 12.1. The van der Waals surface area contributed by atoms with Crippen LogP contribution < -0.4 is 0 Å². The van der Waals surface area contributed by atoms with Crippen molar-refractivity contribution in [2.75, 3.05) is 0 Å². The molecule has 46 heavy (non-hydrogen) atoms. The van der Waals surface area contributed by atoms with Gasteiger partial charge in [0.05, 0.1) is 11.4 Å². The molecule has 0 saturated heterocycles. The average Bonchev–Trinajstić information content (AvgIpc) is 3.15. The zero-order valence-corrected chi connectivity index (χ0v) is 25.3. The fourth-order valence-corrected chi connectivity index (χ4v) is 6.29. The molecule has 1 aromatic heterocycles. The Kier molecular flexibility index (Phi) is 7.26. The smallest absolute Gasteiger partial charge is 0.0787 e. The number of benzene rings is 7. The first-order valence-electron chi connectivity index (χ1n) is 15.7. The highest BCUT2D eigenvalue weighted by atomic mass is 14.7. The predicted octanol–water partition coefficient (Wildman–Crippen LogP) is 12.2. The summed E-state index contributed by atoms with van der Waals surface area (Å²) in [6.07, 6.45) is 0. The van der Waals surface area contributed by atoms with Crippen LogP contribution in [0.5, 0.6) is 0 Å². The minimum absolute atomic E-state index is 0.973. The van der Waals surface area contributed by atoms with Gasteiger partial charge in [-0.25, -0.2) is 4.98 Å². The van der Waals surface area contributed by atoms with Crippen LogP contribution in [0.1, 0.15) is 0 Å². The van der Waals surface area contributed by atoms with Crippen LogP contribution in [-0.4, -0.2) is 4.98 Å². The summed E-state index contributed by atoms with van der Waals surface area (Å²) in [5, 5.41) is 2.35. The van der Waals surface area contributed by atoms with Gasteiger partial charge in [0.1, 0.15) is 0 Å². The summed E-state index contributed by atoms with van der Waals surface area (Å²) in [6, 6.07) is 67.0. The Morgan fingerprint density at radius 3 is 1.15 bits per heavy atom. The van der Waals surface area contributed by atoms with E-state index >= 15 is 0 Å². The van der Waals surface area contributed by atoms with Crippen LogP contribution in [0.2, 0.25) is 0 Å². The maximum absolute atomic E-state index is 5.21. The van der Waals surface area contributed by atoms with Gasteiger partial charge in [-0.05, 0) is 80.2 Å². The lowest BCUT2D eigenvalue weighted by molar-refractivity contribution is 1.35. The molecule has 1 heteroatoms. The van der Waals surface area contributed by atoms with Crippen LogP contribution in [0.4, 0.5) is 0 Å². The fraction of sp³-hybridized carbons (Fsp3) is 0. The Bertz CT molecular complexity index is 2300. The molecule has 0 aliphatic rings. The monoisotopic (exact) mass is 585 g/mol. The topological polar surface area (TPSA) is 12.9 Å². The molecule has 0 amide bonds. The van der Waals surface area contributed by atoms with Crippen molar-refractivity contribution in [3.63, 3.8) is 0 Å². The molecule has 0 N–H and O–H groups in total. The second-order valence-electron chi connectivity index (χ2n) is 11.6. The number of hydrogen-bond acceptors (Lipinski definition) is 1. The van der Waals surface area contributed by atoms with Gasteiger partial charge in [-0.1, -0.05) is 158 Å². The van der Waals surface area contributed by atoms with Gasteiger partial charge < -0.3 is 0 Å². The number of hydrogen-bond donors (Lipinski definition) is 0. The summed E-state index contributed by atoms with van der Waals surface area (Å²) in [5.74, 6) is 0. The zero-order valence-electron chi connectivity index (χ0n) is 25.3. The van der Waals surface area contributed by atoms with E-state index in [1.165, 1.54) is 49.9 Å². The van der Waals surface area contributed by atoms with Crippen molar-refractivity contribution in [2.45, 2.75) is 0 Å². The standard InChI is InChI=1S/C45H31N/c1-3-13-32(14-4-1)34-18-9-19-35(27-34)36-20-10-21-37(28-36)38-22-11-23-39(29-38)40-24-12-25-42(30-40)44-31-41-17-7-8-26-43(41)45(46-44)33-15-5-2-6-16-33/h1-31H. The van der Waals surface area contributed by atoms with Gasteiger partial charge in [-0.3, -0.25) is 0 Å². The van der Waals surface area contributed by atoms with E-state index in [0.29, 0.717) is 0 Å². The first-order chi connectivity index (χ1) is 22.8. The number of nitrogens with zero attached hydrogens (tertiary/aromatic N) is 1. The number of rotatable bonds is 6. The van der Waals surface area contributed by atoms with Gasteiger partial charge in [0.15, 0.2) is 0 Å². The summed E-state index contributed by atoms with van der Waals surface area (Å²) < 4.78 is 0. The molecule has 216 valence electrons. The van der Waals surface area contributed by atoms with E-state index in [-0.39, 0.29) is 0 Å². The van der Waals surface area contributed by atoms with E-state index in [0.717, 1.165) is 27.9 Å². The Balaban J connectivity index is 1.14. The number of pyridine rings is 1. The third-order valence-electron chi connectivity index (χ3n) is 8.64. The molecule has 7 aromatic carbocycles. The highest BCUT2D eigenvalue weighted by Gasteiger charge is 2.11. The van der Waals surface area contributed by atoms with E-state index in [2.05, 4.69) is 182 Å². The summed E-state index contributed by atoms with van der Waals surface area (Å²) in [4.78, 5) is 5.21. The Morgan fingerprint density at radius 2 is 0.630 bits per heavy atom. The first-order valence-corrected chi connectivity index (χ1v) is 15.7. The summed E-state index contributed by atoms with van der Waals surface area (Å²) in [7, 11) is 0. The minimum atomic E-state index is 0.973. The van der Waals surface area contributed by atoms with Crippen molar-refractivity contribution >= 4 is 10.8 Å². The maximum Gasteiger partial charge on any atom is 0.0787 e. The van der Waals surface area contributed by atoms with Gasteiger partial charge >= 0.3 is 0 Å². The minimum Gasteiger partial charge on any atom is -0.247 e. The SMILES string of the molecule is c1ccc(-c2cccc(-c3cccc(-c4cccc(-c5cccc(-c6cc7ccccc7c(-c7ccccc7)n6)c5)c4)c3)c2)cc1. The van der Waals surface area contributed by atoms with Crippen molar-refractivity contribution in [2.24, 2.45) is 0 Å². The predicted molar refractivity (Wildman–Crippen MR) is 194 cm³/mol. The maximum atomic E-state index is 5.21. The lowest BCUT2D eigenvalue weighted by atomic mass is 9.94. The van der Waals surface area contributed by atoms with Crippen LogP contribution >= 0.6 is 0 Å². The third-order valence-corrected chi connectivity index (χ3v) is 8.64. The summed E-state index contributed by atoms with van der Waals surface area (Å²) in [5.41, 5.74) is 13.8.